The van der Waals surface area contributed by atoms with Gasteiger partial charge in [-0.3, -0.25) is 0 Å². The van der Waals surface area contributed by atoms with Crippen LogP contribution in [0.4, 0.5) is 10.8 Å². The first-order valence-electron chi connectivity index (χ1n) is 6.47. The summed E-state index contributed by atoms with van der Waals surface area (Å²) < 4.78 is 4.27. The number of hydrogen-bond donors (Lipinski definition) is 2. The van der Waals surface area contributed by atoms with E-state index in [1.807, 2.05) is 12.3 Å². The Kier molecular flexibility index (Phi) is 4.42. The van der Waals surface area contributed by atoms with Gasteiger partial charge in [0.25, 0.3) is 0 Å². The van der Waals surface area contributed by atoms with E-state index in [9.17, 15) is 0 Å². The predicted molar refractivity (Wildman–Crippen MR) is 84.9 cm³/mol. The maximum atomic E-state index is 6.00. The summed E-state index contributed by atoms with van der Waals surface area (Å²) in [6, 6.07) is 0.429. The van der Waals surface area contributed by atoms with Crippen LogP contribution in [-0.2, 0) is 0 Å². The molecule has 104 valence electrons. The van der Waals surface area contributed by atoms with Crippen molar-refractivity contribution in [2.24, 2.45) is 5.92 Å². The first-order chi connectivity index (χ1) is 9.02. The molecule has 0 spiro atoms. The second kappa shape index (κ2) is 5.88. The molecule has 19 heavy (non-hydrogen) atoms. The van der Waals surface area contributed by atoms with Crippen molar-refractivity contribution in [2.45, 2.75) is 40.2 Å². The van der Waals surface area contributed by atoms with Crippen molar-refractivity contribution in [3.05, 3.63) is 10.4 Å². The predicted octanol–water partition coefficient (Wildman–Crippen LogP) is 4.00. The Labute approximate surface area is 122 Å². The normalized spacial score (nSPS) is 12.9. The average Bonchev–Trinajstić information content (AvgIpc) is 2.92. The number of rotatable bonds is 5. The number of hydrogen-bond acceptors (Lipinski definition) is 6. The third-order valence-corrected chi connectivity index (χ3v) is 4.72. The van der Waals surface area contributed by atoms with Gasteiger partial charge in [-0.05, 0) is 30.8 Å². The smallest absolute Gasteiger partial charge is 0.148 e. The molecule has 0 aliphatic rings. The van der Waals surface area contributed by atoms with Crippen molar-refractivity contribution in [3.63, 3.8) is 0 Å². The highest BCUT2D eigenvalue weighted by Crippen LogP contribution is 2.38. The van der Waals surface area contributed by atoms with E-state index in [4.69, 9.17) is 5.73 Å². The zero-order valence-corrected chi connectivity index (χ0v) is 13.4. The monoisotopic (exact) mass is 296 g/mol. The molecule has 0 bridgehead atoms. The van der Waals surface area contributed by atoms with Gasteiger partial charge in [0.05, 0.1) is 16.3 Å². The van der Waals surface area contributed by atoms with Crippen LogP contribution in [0.5, 0.6) is 0 Å². The molecule has 0 fully saturated rings. The molecular formula is C13H20N4S2. The molecule has 0 aromatic carbocycles. The van der Waals surface area contributed by atoms with Crippen molar-refractivity contribution in [2.75, 3.05) is 11.1 Å². The fraction of sp³-hybridized carbons (Fsp3) is 0.538. The summed E-state index contributed by atoms with van der Waals surface area (Å²) in [5.41, 5.74) is 7.88. The van der Waals surface area contributed by atoms with Gasteiger partial charge in [-0.1, -0.05) is 20.8 Å². The minimum absolute atomic E-state index is 0.429. The number of nitrogens with one attached hydrogen (secondary N) is 1. The summed E-state index contributed by atoms with van der Waals surface area (Å²) in [5, 5.41) is 7.68. The second-order valence-electron chi connectivity index (χ2n) is 4.93. The summed E-state index contributed by atoms with van der Waals surface area (Å²) in [7, 11) is 0. The van der Waals surface area contributed by atoms with Gasteiger partial charge >= 0.3 is 0 Å². The van der Waals surface area contributed by atoms with E-state index in [-0.39, 0.29) is 0 Å². The van der Waals surface area contributed by atoms with Gasteiger partial charge in [0.1, 0.15) is 10.8 Å². The molecule has 6 heteroatoms. The zero-order valence-electron chi connectivity index (χ0n) is 11.7. The van der Waals surface area contributed by atoms with Gasteiger partial charge in [0.2, 0.25) is 0 Å². The van der Waals surface area contributed by atoms with E-state index in [1.54, 1.807) is 11.3 Å². The lowest BCUT2D eigenvalue weighted by Crippen LogP contribution is -2.24. The van der Waals surface area contributed by atoms with Crippen molar-refractivity contribution in [1.29, 1.82) is 0 Å². The highest BCUT2D eigenvalue weighted by atomic mass is 32.1. The molecule has 0 saturated carbocycles. The lowest BCUT2D eigenvalue weighted by molar-refractivity contribution is 0.512. The Hall–Kier alpha value is -1.14. The van der Waals surface area contributed by atoms with Crippen LogP contribution in [0.15, 0.2) is 5.38 Å². The number of anilines is 2. The van der Waals surface area contributed by atoms with Gasteiger partial charge in [-0.15, -0.1) is 11.3 Å². The SMILES string of the molecule is CCC(Nc1snc(N)c1-c1csc(C)n1)C(C)C. The van der Waals surface area contributed by atoms with E-state index in [1.165, 1.54) is 11.5 Å². The average molecular weight is 296 g/mol. The molecule has 2 aromatic rings. The molecule has 1 atom stereocenters. The molecule has 2 aromatic heterocycles. The van der Waals surface area contributed by atoms with E-state index in [0.717, 1.165) is 27.7 Å². The molecule has 0 aliphatic heterocycles. The quantitative estimate of drug-likeness (QED) is 0.875. The lowest BCUT2D eigenvalue weighted by atomic mass is 10.0. The molecule has 0 saturated heterocycles. The Morgan fingerprint density at radius 1 is 1.42 bits per heavy atom. The van der Waals surface area contributed by atoms with Crippen molar-refractivity contribution < 1.29 is 0 Å². The molecule has 3 N–H and O–H groups in total. The fourth-order valence-electron chi connectivity index (χ4n) is 2.04. The van der Waals surface area contributed by atoms with Crippen LogP contribution >= 0.6 is 22.9 Å². The number of aryl methyl sites for hydroxylation is 1. The Bertz CT molecular complexity index is 545. The number of nitrogens with two attached hydrogens (primary N) is 1. The molecule has 0 radical (unpaired) electrons. The largest absolute Gasteiger partial charge is 0.382 e. The van der Waals surface area contributed by atoms with Crippen LogP contribution in [-0.4, -0.2) is 15.4 Å². The number of thiazole rings is 1. The van der Waals surface area contributed by atoms with Crippen molar-refractivity contribution >= 4 is 33.7 Å². The molecular weight excluding hydrogens is 276 g/mol. The minimum Gasteiger partial charge on any atom is -0.382 e. The first kappa shape index (κ1) is 14.3. The maximum Gasteiger partial charge on any atom is 0.148 e. The Morgan fingerprint density at radius 2 is 2.16 bits per heavy atom. The van der Waals surface area contributed by atoms with Gasteiger partial charge < -0.3 is 11.1 Å². The minimum atomic E-state index is 0.429. The van der Waals surface area contributed by atoms with Gasteiger partial charge in [-0.2, -0.15) is 4.37 Å². The van der Waals surface area contributed by atoms with Crippen molar-refractivity contribution in [3.8, 4) is 11.3 Å². The summed E-state index contributed by atoms with van der Waals surface area (Å²) in [6.45, 7) is 8.63. The third kappa shape index (κ3) is 3.06. The second-order valence-corrected chi connectivity index (χ2v) is 6.76. The lowest BCUT2D eigenvalue weighted by Gasteiger charge is -2.21. The van der Waals surface area contributed by atoms with Crippen LogP contribution in [0.3, 0.4) is 0 Å². The summed E-state index contributed by atoms with van der Waals surface area (Å²) in [4.78, 5) is 4.52. The summed E-state index contributed by atoms with van der Waals surface area (Å²) >= 11 is 3.05. The van der Waals surface area contributed by atoms with Gasteiger partial charge in [0.15, 0.2) is 0 Å². The molecule has 2 heterocycles. The van der Waals surface area contributed by atoms with Crippen LogP contribution in [0.1, 0.15) is 32.2 Å². The Balaban J connectivity index is 2.32. The summed E-state index contributed by atoms with van der Waals surface area (Å²) in [5.74, 6) is 1.13. The number of nitrogen functional groups attached to an aromatic ring is 1. The van der Waals surface area contributed by atoms with E-state index < -0.39 is 0 Å². The molecule has 0 aliphatic carbocycles. The summed E-state index contributed by atoms with van der Waals surface area (Å²) in [6.07, 6.45) is 1.07. The van der Waals surface area contributed by atoms with Crippen LogP contribution < -0.4 is 11.1 Å². The zero-order chi connectivity index (χ0) is 14.0. The standard InChI is InChI=1S/C13H20N4S2/c1-5-9(7(2)3)16-13-11(12(14)17-19-13)10-6-18-8(4)15-10/h6-7,9,16H,5H2,1-4H3,(H2,14,17). The third-order valence-electron chi connectivity index (χ3n) is 3.15. The molecule has 2 rings (SSSR count). The highest BCUT2D eigenvalue weighted by molar-refractivity contribution is 7.11. The topological polar surface area (TPSA) is 63.8 Å². The van der Waals surface area contributed by atoms with Crippen molar-refractivity contribution in [1.82, 2.24) is 9.36 Å². The van der Waals surface area contributed by atoms with E-state index in [0.29, 0.717) is 17.8 Å². The number of aromatic nitrogens is 2. The van der Waals surface area contributed by atoms with Gasteiger partial charge in [-0.25, -0.2) is 4.98 Å². The van der Waals surface area contributed by atoms with Crippen LogP contribution in [0, 0.1) is 12.8 Å². The fourth-order valence-corrected chi connectivity index (χ4v) is 3.42. The highest BCUT2D eigenvalue weighted by Gasteiger charge is 2.19. The van der Waals surface area contributed by atoms with E-state index >= 15 is 0 Å². The maximum absolute atomic E-state index is 6.00. The van der Waals surface area contributed by atoms with Gasteiger partial charge in [0, 0.05) is 11.4 Å². The first-order valence-corrected chi connectivity index (χ1v) is 8.12. The van der Waals surface area contributed by atoms with Crippen LogP contribution in [0.2, 0.25) is 0 Å². The Morgan fingerprint density at radius 3 is 2.68 bits per heavy atom. The van der Waals surface area contributed by atoms with Crippen LogP contribution in [0.25, 0.3) is 11.3 Å². The molecule has 1 unspecified atom stereocenters. The number of nitrogens with zero attached hydrogens (tertiary/aromatic N) is 2. The molecule has 4 nitrogen and oxygen atoms in total. The molecule has 0 amide bonds. The van der Waals surface area contributed by atoms with E-state index in [2.05, 4.69) is 35.4 Å².